The van der Waals surface area contributed by atoms with Crippen molar-refractivity contribution in [3.63, 3.8) is 0 Å². The number of hydrogen-bond donors (Lipinski definition) is 1. The summed E-state index contributed by atoms with van der Waals surface area (Å²) in [5.41, 5.74) is 8.65. The summed E-state index contributed by atoms with van der Waals surface area (Å²) in [5.74, 6) is -0.129. The molecule has 0 amide bonds. The minimum atomic E-state index is -0.477. The van der Waals surface area contributed by atoms with Crippen molar-refractivity contribution in [1.29, 1.82) is 0 Å². The first-order valence-electron chi connectivity index (χ1n) is 8.48. The van der Waals surface area contributed by atoms with Crippen molar-refractivity contribution in [2.45, 2.75) is 19.1 Å². The molecule has 0 saturated carbocycles. The lowest BCUT2D eigenvalue weighted by atomic mass is 9.99. The second kappa shape index (κ2) is 8.42. The molecule has 138 valence electrons. The maximum atomic E-state index is 13.0. The van der Waals surface area contributed by atoms with Gasteiger partial charge in [-0.05, 0) is 41.3 Å². The second-order valence-electron chi connectivity index (χ2n) is 6.20. The van der Waals surface area contributed by atoms with Gasteiger partial charge in [-0.3, -0.25) is 10.1 Å². The fourth-order valence-corrected chi connectivity index (χ4v) is 2.76. The van der Waals surface area contributed by atoms with Gasteiger partial charge in [0.25, 0.3) is 0 Å². The molecule has 0 aliphatic rings. The maximum absolute atomic E-state index is 13.0. The molecule has 0 aliphatic heterocycles. The predicted molar refractivity (Wildman–Crippen MR) is 101 cm³/mol. The summed E-state index contributed by atoms with van der Waals surface area (Å²) in [7, 11) is 0. The molecular weight excluding hydrogens is 347 g/mol. The molecule has 0 heterocycles. The first-order chi connectivity index (χ1) is 13.0. The summed E-state index contributed by atoms with van der Waals surface area (Å²) in [4.78, 5) is 10.8. The van der Waals surface area contributed by atoms with Gasteiger partial charge >= 0.3 is 5.69 Å². The number of benzene rings is 3. The van der Waals surface area contributed by atoms with E-state index in [0.717, 1.165) is 11.1 Å². The van der Waals surface area contributed by atoms with E-state index < -0.39 is 11.0 Å². The molecule has 0 fully saturated rings. The third-order valence-electron chi connectivity index (χ3n) is 4.21. The van der Waals surface area contributed by atoms with Gasteiger partial charge in [0.2, 0.25) is 0 Å². The van der Waals surface area contributed by atoms with Gasteiger partial charge in [0.05, 0.1) is 4.92 Å². The van der Waals surface area contributed by atoms with Crippen molar-refractivity contribution >= 4 is 5.69 Å². The van der Waals surface area contributed by atoms with Crippen molar-refractivity contribution < 1.29 is 14.1 Å². The Morgan fingerprint density at radius 1 is 1.00 bits per heavy atom. The summed E-state index contributed by atoms with van der Waals surface area (Å²) in [6, 6.07) is 19.8. The molecule has 3 aromatic carbocycles. The molecule has 0 saturated heterocycles. The zero-order valence-corrected chi connectivity index (χ0v) is 14.5. The van der Waals surface area contributed by atoms with Crippen molar-refractivity contribution in [1.82, 2.24) is 0 Å². The van der Waals surface area contributed by atoms with Crippen LogP contribution in [0.2, 0.25) is 0 Å². The van der Waals surface area contributed by atoms with Crippen LogP contribution in [-0.2, 0) is 13.0 Å². The molecule has 1 atom stereocenters. The van der Waals surface area contributed by atoms with E-state index in [4.69, 9.17) is 10.5 Å². The molecule has 2 N–H and O–H groups in total. The molecule has 0 radical (unpaired) electrons. The highest BCUT2D eigenvalue weighted by Crippen LogP contribution is 2.31. The van der Waals surface area contributed by atoms with Gasteiger partial charge in [0.1, 0.15) is 12.4 Å². The number of rotatable bonds is 7. The van der Waals surface area contributed by atoms with Gasteiger partial charge in [-0.1, -0.05) is 48.5 Å². The summed E-state index contributed by atoms with van der Waals surface area (Å²) in [5, 5.41) is 11.3. The van der Waals surface area contributed by atoms with Gasteiger partial charge in [0.15, 0.2) is 5.75 Å². The second-order valence-corrected chi connectivity index (χ2v) is 6.20. The number of nitrogens with two attached hydrogens (primary N) is 1. The molecule has 3 aromatic rings. The van der Waals surface area contributed by atoms with Gasteiger partial charge in [0, 0.05) is 12.1 Å². The van der Waals surface area contributed by atoms with Crippen LogP contribution in [-0.4, -0.2) is 4.92 Å². The zero-order chi connectivity index (χ0) is 19.2. The van der Waals surface area contributed by atoms with E-state index in [0.29, 0.717) is 12.0 Å². The highest BCUT2D eigenvalue weighted by Gasteiger charge is 2.18. The maximum Gasteiger partial charge on any atom is 0.310 e. The largest absolute Gasteiger partial charge is 0.482 e. The van der Waals surface area contributed by atoms with E-state index in [1.54, 1.807) is 24.3 Å². The van der Waals surface area contributed by atoms with E-state index in [1.165, 1.54) is 18.2 Å². The van der Waals surface area contributed by atoms with Crippen LogP contribution in [0.25, 0.3) is 0 Å². The molecule has 6 heteroatoms. The number of halogens is 1. The monoisotopic (exact) mass is 366 g/mol. The molecule has 0 bridgehead atoms. The Hall–Kier alpha value is -3.25. The normalized spacial score (nSPS) is 11.8. The molecule has 0 aromatic heterocycles. The molecule has 27 heavy (non-hydrogen) atoms. The van der Waals surface area contributed by atoms with Crippen LogP contribution in [0, 0.1) is 15.9 Å². The van der Waals surface area contributed by atoms with Crippen molar-refractivity contribution in [3.05, 3.63) is 105 Å². The Morgan fingerprint density at radius 3 is 2.37 bits per heavy atom. The van der Waals surface area contributed by atoms with Crippen LogP contribution in [0.1, 0.15) is 22.7 Å². The van der Waals surface area contributed by atoms with E-state index in [2.05, 4.69) is 0 Å². The van der Waals surface area contributed by atoms with Gasteiger partial charge < -0.3 is 10.5 Å². The van der Waals surface area contributed by atoms with Gasteiger partial charge in [-0.15, -0.1) is 0 Å². The summed E-state index contributed by atoms with van der Waals surface area (Å²) in [6.45, 7) is 0.221. The standard InChI is InChI=1S/C21H19FN2O3/c22-18-9-6-15(7-10-18)12-19(23)17-8-11-20(24(25)26)21(13-17)27-14-16-4-2-1-3-5-16/h1-11,13,19H,12,14,23H2. The molecule has 3 rings (SSSR count). The van der Waals surface area contributed by atoms with E-state index in [1.807, 2.05) is 30.3 Å². The van der Waals surface area contributed by atoms with Crippen LogP contribution in [0.15, 0.2) is 72.8 Å². The summed E-state index contributed by atoms with van der Waals surface area (Å²) < 4.78 is 18.7. The first kappa shape index (κ1) is 18.5. The topological polar surface area (TPSA) is 78.4 Å². The number of ether oxygens (including phenoxy) is 1. The van der Waals surface area contributed by atoms with Crippen LogP contribution < -0.4 is 10.5 Å². The SMILES string of the molecule is NC(Cc1ccc(F)cc1)c1ccc([N+](=O)[O-])c(OCc2ccccc2)c1. The minimum Gasteiger partial charge on any atom is -0.482 e. The third-order valence-corrected chi connectivity index (χ3v) is 4.21. The summed E-state index contributed by atoms with van der Waals surface area (Å²) >= 11 is 0. The van der Waals surface area contributed by atoms with Crippen LogP contribution >= 0.6 is 0 Å². The quantitative estimate of drug-likeness (QED) is 0.491. The number of nitro groups is 1. The average Bonchev–Trinajstić information content (AvgIpc) is 2.68. The molecule has 0 spiro atoms. The number of nitro benzene ring substituents is 1. The van der Waals surface area contributed by atoms with Crippen LogP contribution in [0.4, 0.5) is 10.1 Å². The summed E-state index contributed by atoms with van der Waals surface area (Å²) in [6.07, 6.45) is 0.482. The Morgan fingerprint density at radius 2 is 1.70 bits per heavy atom. The highest BCUT2D eigenvalue weighted by atomic mass is 19.1. The van der Waals surface area contributed by atoms with Crippen molar-refractivity contribution in [2.75, 3.05) is 0 Å². The van der Waals surface area contributed by atoms with Gasteiger partial charge in [-0.25, -0.2) is 4.39 Å². The Kier molecular flexibility index (Phi) is 5.78. The first-order valence-corrected chi connectivity index (χ1v) is 8.48. The smallest absolute Gasteiger partial charge is 0.310 e. The van der Waals surface area contributed by atoms with Crippen LogP contribution in [0.3, 0.4) is 0 Å². The highest BCUT2D eigenvalue weighted by molar-refractivity contribution is 5.49. The molecule has 0 aliphatic carbocycles. The lowest BCUT2D eigenvalue weighted by molar-refractivity contribution is -0.386. The van der Waals surface area contributed by atoms with Crippen molar-refractivity contribution in [2.24, 2.45) is 5.73 Å². The third kappa shape index (κ3) is 4.89. The number of hydrogen-bond acceptors (Lipinski definition) is 4. The number of nitrogens with zero attached hydrogens (tertiary/aromatic N) is 1. The fraction of sp³-hybridized carbons (Fsp3) is 0.143. The molecule has 5 nitrogen and oxygen atoms in total. The lowest BCUT2D eigenvalue weighted by Crippen LogP contribution is -2.14. The minimum absolute atomic E-state index is 0.108. The van der Waals surface area contributed by atoms with E-state index in [-0.39, 0.29) is 23.9 Å². The Balaban J connectivity index is 1.79. The lowest BCUT2D eigenvalue weighted by Gasteiger charge is -2.14. The van der Waals surface area contributed by atoms with E-state index in [9.17, 15) is 14.5 Å². The fourth-order valence-electron chi connectivity index (χ4n) is 2.76. The average molecular weight is 366 g/mol. The predicted octanol–water partition coefficient (Wildman–Crippen LogP) is 4.56. The molecular formula is C21H19FN2O3. The van der Waals surface area contributed by atoms with E-state index >= 15 is 0 Å². The Labute approximate surface area is 156 Å². The van der Waals surface area contributed by atoms with Crippen LogP contribution in [0.5, 0.6) is 5.75 Å². The van der Waals surface area contributed by atoms with Crippen molar-refractivity contribution in [3.8, 4) is 5.75 Å². The molecule has 1 unspecified atom stereocenters. The zero-order valence-electron chi connectivity index (χ0n) is 14.5. The Bertz CT molecular complexity index is 914. The van der Waals surface area contributed by atoms with Gasteiger partial charge in [-0.2, -0.15) is 0 Å².